The number of carbonyl (C=O) groups is 3. The van der Waals surface area contributed by atoms with E-state index in [4.69, 9.17) is 27.9 Å². The van der Waals surface area contributed by atoms with E-state index in [9.17, 15) is 14.4 Å². The highest BCUT2D eigenvalue weighted by atomic mass is 35.5. The van der Waals surface area contributed by atoms with Crippen LogP contribution in [0.25, 0.3) is 0 Å². The third kappa shape index (κ3) is 4.89. The molecule has 0 saturated carbocycles. The SMILES string of the molecule is CCc1ccccc1N1C[C@@H](C(=O)OCC(=O)Nc2cccc(Cl)c2Cl)CC1=O. The van der Waals surface area contributed by atoms with Gasteiger partial charge in [-0.1, -0.05) is 54.4 Å². The van der Waals surface area contributed by atoms with Gasteiger partial charge in [0, 0.05) is 18.7 Å². The van der Waals surface area contributed by atoms with Gasteiger partial charge < -0.3 is 15.0 Å². The number of nitrogens with one attached hydrogen (secondary N) is 1. The third-order valence-electron chi connectivity index (χ3n) is 4.69. The molecule has 0 aromatic heterocycles. The molecule has 152 valence electrons. The van der Waals surface area contributed by atoms with Gasteiger partial charge in [-0.05, 0) is 30.2 Å². The summed E-state index contributed by atoms with van der Waals surface area (Å²) in [6.45, 7) is 1.77. The van der Waals surface area contributed by atoms with E-state index in [0.717, 1.165) is 17.7 Å². The number of carbonyl (C=O) groups excluding carboxylic acids is 3. The molecule has 0 spiro atoms. The maximum Gasteiger partial charge on any atom is 0.311 e. The van der Waals surface area contributed by atoms with Crippen molar-refractivity contribution < 1.29 is 19.1 Å². The minimum Gasteiger partial charge on any atom is -0.455 e. The number of rotatable bonds is 6. The number of para-hydroxylation sites is 1. The highest BCUT2D eigenvalue weighted by molar-refractivity contribution is 6.44. The molecule has 6 nitrogen and oxygen atoms in total. The standard InChI is InChI=1S/C21H20Cl2N2O4/c1-2-13-6-3-4-9-17(13)25-11-14(10-19(25)27)21(28)29-12-18(26)24-16-8-5-7-15(22)20(16)23/h3-9,14H,2,10-12H2,1H3,(H,24,26)/t14-/m0/s1. The van der Waals surface area contributed by atoms with Crippen molar-refractivity contribution >= 4 is 52.4 Å². The smallest absolute Gasteiger partial charge is 0.311 e. The Labute approximate surface area is 178 Å². The van der Waals surface area contributed by atoms with E-state index in [-0.39, 0.29) is 23.9 Å². The second-order valence-electron chi connectivity index (χ2n) is 6.64. The summed E-state index contributed by atoms with van der Waals surface area (Å²) in [5, 5.41) is 3.06. The lowest BCUT2D eigenvalue weighted by molar-refractivity contribution is -0.151. The van der Waals surface area contributed by atoms with E-state index in [0.29, 0.717) is 10.7 Å². The molecule has 2 amide bonds. The van der Waals surface area contributed by atoms with E-state index < -0.39 is 24.4 Å². The number of nitrogens with zero attached hydrogens (tertiary/aromatic N) is 1. The quantitative estimate of drug-likeness (QED) is 0.694. The summed E-state index contributed by atoms with van der Waals surface area (Å²) in [5.41, 5.74) is 2.18. The lowest BCUT2D eigenvalue weighted by Gasteiger charge is -2.19. The number of amides is 2. The van der Waals surface area contributed by atoms with Crippen LogP contribution in [0.15, 0.2) is 42.5 Å². The van der Waals surface area contributed by atoms with Gasteiger partial charge >= 0.3 is 5.97 Å². The summed E-state index contributed by atoms with van der Waals surface area (Å²) >= 11 is 11.9. The molecule has 29 heavy (non-hydrogen) atoms. The van der Waals surface area contributed by atoms with Crippen molar-refractivity contribution in [3.8, 4) is 0 Å². The fraction of sp³-hybridized carbons (Fsp3) is 0.286. The van der Waals surface area contributed by atoms with Crippen LogP contribution in [0.3, 0.4) is 0 Å². The summed E-state index contributed by atoms with van der Waals surface area (Å²) in [5.74, 6) is -1.87. The highest BCUT2D eigenvalue weighted by Gasteiger charge is 2.37. The third-order valence-corrected chi connectivity index (χ3v) is 5.51. The number of hydrogen-bond donors (Lipinski definition) is 1. The fourth-order valence-corrected chi connectivity index (χ4v) is 3.56. The predicted molar refractivity (Wildman–Crippen MR) is 112 cm³/mol. The van der Waals surface area contributed by atoms with Crippen molar-refractivity contribution in [1.29, 1.82) is 0 Å². The zero-order valence-corrected chi connectivity index (χ0v) is 17.3. The summed E-state index contributed by atoms with van der Waals surface area (Å²) in [6, 6.07) is 12.4. The van der Waals surface area contributed by atoms with Crippen LogP contribution >= 0.6 is 23.2 Å². The first kappa shape index (κ1) is 21.1. The summed E-state index contributed by atoms with van der Waals surface area (Å²) < 4.78 is 5.11. The first-order valence-electron chi connectivity index (χ1n) is 9.19. The van der Waals surface area contributed by atoms with E-state index in [2.05, 4.69) is 5.32 Å². The van der Waals surface area contributed by atoms with Crippen LogP contribution in [0.1, 0.15) is 18.9 Å². The maximum atomic E-state index is 12.4. The highest BCUT2D eigenvalue weighted by Crippen LogP contribution is 2.30. The number of ether oxygens (including phenoxy) is 1. The Morgan fingerprint density at radius 2 is 1.93 bits per heavy atom. The number of anilines is 2. The Kier molecular flexibility index (Phi) is 6.77. The van der Waals surface area contributed by atoms with Gasteiger partial charge in [0.1, 0.15) is 0 Å². The summed E-state index contributed by atoms with van der Waals surface area (Å²) in [4.78, 5) is 38.5. The van der Waals surface area contributed by atoms with Gasteiger partial charge in [-0.3, -0.25) is 14.4 Å². The first-order valence-corrected chi connectivity index (χ1v) is 9.95. The topological polar surface area (TPSA) is 75.7 Å². The molecule has 8 heteroatoms. The molecule has 0 radical (unpaired) electrons. The van der Waals surface area contributed by atoms with Gasteiger partial charge in [-0.25, -0.2) is 0 Å². The van der Waals surface area contributed by atoms with Gasteiger partial charge in [0.15, 0.2) is 6.61 Å². The van der Waals surface area contributed by atoms with Crippen LogP contribution in [0.2, 0.25) is 10.0 Å². The number of esters is 1. The molecule has 1 fully saturated rings. The Balaban J connectivity index is 1.57. The van der Waals surface area contributed by atoms with E-state index in [1.807, 2.05) is 31.2 Å². The average molecular weight is 435 g/mol. The van der Waals surface area contributed by atoms with Crippen molar-refractivity contribution in [3.63, 3.8) is 0 Å². The van der Waals surface area contributed by atoms with Crippen LogP contribution < -0.4 is 10.2 Å². The monoisotopic (exact) mass is 434 g/mol. The molecule has 0 bridgehead atoms. The lowest BCUT2D eigenvalue weighted by Crippen LogP contribution is -2.28. The molecule has 1 aliphatic rings. The second-order valence-corrected chi connectivity index (χ2v) is 7.43. The summed E-state index contributed by atoms with van der Waals surface area (Å²) in [7, 11) is 0. The molecule has 0 aliphatic carbocycles. The van der Waals surface area contributed by atoms with E-state index >= 15 is 0 Å². The Morgan fingerprint density at radius 3 is 2.69 bits per heavy atom. The Morgan fingerprint density at radius 1 is 1.17 bits per heavy atom. The molecule has 3 rings (SSSR count). The average Bonchev–Trinajstić information content (AvgIpc) is 3.11. The number of hydrogen-bond acceptors (Lipinski definition) is 4. The van der Waals surface area contributed by atoms with Crippen LogP contribution in [-0.4, -0.2) is 30.9 Å². The molecule has 1 atom stereocenters. The van der Waals surface area contributed by atoms with Crippen molar-refractivity contribution in [3.05, 3.63) is 58.1 Å². The lowest BCUT2D eigenvalue weighted by atomic mass is 10.1. The molecule has 1 saturated heterocycles. The molecule has 1 heterocycles. The van der Waals surface area contributed by atoms with Crippen LogP contribution in [0, 0.1) is 5.92 Å². The van der Waals surface area contributed by atoms with Crippen LogP contribution in [0.5, 0.6) is 0 Å². The van der Waals surface area contributed by atoms with Crippen LogP contribution in [-0.2, 0) is 25.5 Å². The van der Waals surface area contributed by atoms with Crippen molar-refractivity contribution in [2.24, 2.45) is 5.92 Å². The van der Waals surface area contributed by atoms with Gasteiger partial charge in [0.05, 0.1) is 21.7 Å². The maximum absolute atomic E-state index is 12.4. The predicted octanol–water partition coefficient (Wildman–Crippen LogP) is 4.09. The van der Waals surface area contributed by atoms with Crippen molar-refractivity contribution in [2.45, 2.75) is 19.8 Å². The molecule has 2 aromatic rings. The molecule has 1 aliphatic heterocycles. The molecule has 0 unspecified atom stereocenters. The minimum atomic E-state index is -0.616. The number of halogens is 2. The first-order chi connectivity index (χ1) is 13.9. The molecule has 2 aromatic carbocycles. The number of aryl methyl sites for hydroxylation is 1. The van der Waals surface area contributed by atoms with E-state index in [1.165, 1.54) is 0 Å². The van der Waals surface area contributed by atoms with Crippen molar-refractivity contribution in [1.82, 2.24) is 0 Å². The molecule has 1 N–H and O–H groups in total. The molecular formula is C21H20Cl2N2O4. The largest absolute Gasteiger partial charge is 0.455 e. The fourth-order valence-electron chi connectivity index (χ4n) is 3.21. The Bertz CT molecular complexity index is 948. The van der Waals surface area contributed by atoms with Crippen molar-refractivity contribution in [2.75, 3.05) is 23.4 Å². The van der Waals surface area contributed by atoms with E-state index in [1.54, 1.807) is 23.1 Å². The van der Waals surface area contributed by atoms with Crippen LogP contribution in [0.4, 0.5) is 11.4 Å². The zero-order chi connectivity index (χ0) is 21.0. The van der Waals surface area contributed by atoms with Gasteiger partial charge in [0.25, 0.3) is 5.91 Å². The van der Waals surface area contributed by atoms with Gasteiger partial charge in [-0.2, -0.15) is 0 Å². The normalized spacial score (nSPS) is 16.0. The second kappa shape index (κ2) is 9.29. The summed E-state index contributed by atoms with van der Waals surface area (Å²) in [6.07, 6.45) is 0.833. The Hall–Kier alpha value is -2.57. The van der Waals surface area contributed by atoms with Gasteiger partial charge in [0.2, 0.25) is 5.91 Å². The zero-order valence-electron chi connectivity index (χ0n) is 15.8. The van der Waals surface area contributed by atoms with Gasteiger partial charge in [-0.15, -0.1) is 0 Å². The number of benzene rings is 2. The molecular weight excluding hydrogens is 415 g/mol. The minimum absolute atomic E-state index is 0.0542.